The molecule has 1 saturated carbocycles. The summed E-state index contributed by atoms with van der Waals surface area (Å²) < 4.78 is 0. The Morgan fingerprint density at radius 3 is 2.82 bits per heavy atom. The number of hydrogen-bond acceptors (Lipinski definition) is 4. The number of carbonyl (C=O) groups is 1. The van der Waals surface area contributed by atoms with Crippen molar-refractivity contribution in [2.24, 2.45) is 0 Å². The first-order valence-electron chi connectivity index (χ1n) is 7.14. The second-order valence-corrected chi connectivity index (χ2v) is 5.99. The van der Waals surface area contributed by atoms with Crippen LogP contribution in [0.2, 0.25) is 0 Å². The summed E-state index contributed by atoms with van der Waals surface area (Å²) in [6.07, 6.45) is 2.10. The molecule has 1 aliphatic heterocycles. The second kappa shape index (κ2) is 4.16. The highest BCUT2D eigenvalue weighted by molar-refractivity contribution is 6.09. The van der Waals surface area contributed by atoms with Crippen LogP contribution in [0.3, 0.4) is 0 Å². The van der Waals surface area contributed by atoms with Crippen LogP contribution >= 0.6 is 0 Å². The number of carbonyl (C=O) groups excluding carboxylic acids is 1. The molecule has 0 radical (unpaired) electrons. The number of nitrogens with zero attached hydrogens (tertiary/aromatic N) is 3. The lowest BCUT2D eigenvalue weighted by Gasteiger charge is -2.16. The van der Waals surface area contributed by atoms with Crippen LogP contribution in [-0.2, 0) is 5.41 Å². The van der Waals surface area contributed by atoms with Gasteiger partial charge in [0.1, 0.15) is 5.69 Å². The summed E-state index contributed by atoms with van der Waals surface area (Å²) in [6.45, 7) is 2.12. The molecule has 1 amide bonds. The summed E-state index contributed by atoms with van der Waals surface area (Å²) in [5, 5.41) is 17.6. The molecule has 112 valence electrons. The van der Waals surface area contributed by atoms with E-state index in [1.54, 1.807) is 11.8 Å². The zero-order valence-corrected chi connectivity index (χ0v) is 12.0. The van der Waals surface area contributed by atoms with Gasteiger partial charge in [-0.3, -0.25) is 20.0 Å². The zero-order chi connectivity index (χ0) is 15.5. The van der Waals surface area contributed by atoms with Crippen molar-refractivity contribution in [3.05, 3.63) is 51.3 Å². The molecule has 4 rings (SSSR count). The number of aryl methyl sites for hydroxylation is 1. The molecule has 0 unspecified atom stereocenters. The Morgan fingerprint density at radius 1 is 1.41 bits per heavy atom. The number of amides is 1. The van der Waals surface area contributed by atoms with E-state index in [0.29, 0.717) is 12.2 Å². The average molecular weight is 298 g/mol. The summed E-state index contributed by atoms with van der Waals surface area (Å²) in [5.41, 5.74) is 2.00. The van der Waals surface area contributed by atoms with Crippen molar-refractivity contribution < 1.29 is 9.72 Å². The van der Waals surface area contributed by atoms with Crippen molar-refractivity contribution in [1.29, 1.82) is 0 Å². The largest absolute Gasteiger partial charge is 0.322 e. The van der Waals surface area contributed by atoms with Gasteiger partial charge in [0.25, 0.3) is 5.91 Å². The molecule has 7 heteroatoms. The molecule has 2 heterocycles. The molecule has 22 heavy (non-hydrogen) atoms. The fourth-order valence-corrected chi connectivity index (χ4v) is 3.31. The maximum absolute atomic E-state index is 12.8. The number of benzene rings is 1. The molecular weight excluding hydrogens is 284 g/mol. The highest BCUT2D eigenvalue weighted by atomic mass is 16.6. The molecule has 2 aromatic rings. The number of anilines is 1. The van der Waals surface area contributed by atoms with Gasteiger partial charge in [-0.25, -0.2) is 0 Å². The highest BCUT2D eigenvalue weighted by Crippen LogP contribution is 2.56. The predicted molar refractivity (Wildman–Crippen MR) is 79.0 cm³/mol. The fourth-order valence-electron chi connectivity index (χ4n) is 3.31. The topological polar surface area (TPSA) is 92.1 Å². The van der Waals surface area contributed by atoms with Crippen LogP contribution in [0.1, 0.15) is 34.6 Å². The normalized spacial score (nSPS) is 17.6. The Labute approximate surface area is 126 Å². The zero-order valence-electron chi connectivity index (χ0n) is 12.0. The molecule has 1 aromatic carbocycles. The van der Waals surface area contributed by atoms with E-state index in [4.69, 9.17) is 0 Å². The van der Waals surface area contributed by atoms with Crippen LogP contribution in [0.5, 0.6) is 0 Å². The lowest BCUT2D eigenvalue weighted by Crippen LogP contribution is -2.32. The van der Waals surface area contributed by atoms with Crippen molar-refractivity contribution in [1.82, 2.24) is 10.2 Å². The van der Waals surface area contributed by atoms with Crippen LogP contribution in [0.15, 0.2) is 24.3 Å². The minimum Gasteiger partial charge on any atom is -0.306 e. The Balaban J connectivity index is 1.78. The second-order valence-electron chi connectivity index (χ2n) is 5.99. The molecule has 7 nitrogen and oxygen atoms in total. The SMILES string of the molecule is Cc1[nH]nc(C(=O)N2CC3(CC3)c3ccccc32)c1[N+](=O)[O-]. The summed E-state index contributed by atoms with van der Waals surface area (Å²) in [7, 11) is 0. The number of aromatic amines is 1. The van der Waals surface area contributed by atoms with E-state index < -0.39 is 10.8 Å². The number of para-hydroxylation sites is 1. The molecule has 2 aliphatic rings. The van der Waals surface area contributed by atoms with E-state index in [-0.39, 0.29) is 16.8 Å². The van der Waals surface area contributed by atoms with Crippen molar-refractivity contribution in [2.75, 3.05) is 11.4 Å². The highest BCUT2D eigenvalue weighted by Gasteiger charge is 2.53. The fraction of sp³-hybridized carbons (Fsp3) is 0.333. The van der Waals surface area contributed by atoms with E-state index in [2.05, 4.69) is 10.2 Å². The molecule has 1 aromatic heterocycles. The van der Waals surface area contributed by atoms with Gasteiger partial charge in [0.15, 0.2) is 0 Å². The number of aromatic nitrogens is 2. The molecule has 1 N–H and O–H groups in total. The lowest BCUT2D eigenvalue weighted by molar-refractivity contribution is -0.385. The monoisotopic (exact) mass is 298 g/mol. The van der Waals surface area contributed by atoms with Gasteiger partial charge < -0.3 is 4.90 Å². The number of fused-ring (bicyclic) bond motifs is 2. The number of rotatable bonds is 2. The minimum atomic E-state index is -0.555. The van der Waals surface area contributed by atoms with Gasteiger partial charge in [0.05, 0.1) is 4.92 Å². The molecule has 1 fully saturated rings. The van der Waals surface area contributed by atoms with E-state index >= 15 is 0 Å². The average Bonchev–Trinajstić information content (AvgIpc) is 3.06. The summed E-state index contributed by atoms with van der Waals surface area (Å²) in [6, 6.07) is 7.78. The minimum absolute atomic E-state index is 0.0480. The Kier molecular flexibility index (Phi) is 2.46. The van der Waals surface area contributed by atoms with Gasteiger partial charge in [-0.2, -0.15) is 5.10 Å². The molecule has 0 bridgehead atoms. The van der Waals surface area contributed by atoms with Gasteiger partial charge in [-0.15, -0.1) is 0 Å². The van der Waals surface area contributed by atoms with Gasteiger partial charge in [0.2, 0.25) is 5.69 Å². The first-order valence-corrected chi connectivity index (χ1v) is 7.14. The summed E-state index contributed by atoms with van der Waals surface area (Å²) >= 11 is 0. The van der Waals surface area contributed by atoms with Crippen LogP contribution < -0.4 is 4.90 Å². The van der Waals surface area contributed by atoms with Gasteiger partial charge in [0, 0.05) is 17.6 Å². The van der Waals surface area contributed by atoms with Gasteiger partial charge in [-0.05, 0) is 31.4 Å². The number of nitrogens with one attached hydrogen (secondary N) is 1. The van der Waals surface area contributed by atoms with E-state index in [1.807, 2.05) is 24.3 Å². The van der Waals surface area contributed by atoms with Crippen LogP contribution in [0.25, 0.3) is 0 Å². The van der Waals surface area contributed by atoms with Crippen molar-refractivity contribution in [2.45, 2.75) is 25.2 Å². The lowest BCUT2D eigenvalue weighted by atomic mass is 9.99. The van der Waals surface area contributed by atoms with E-state index in [1.165, 1.54) is 5.56 Å². The smallest absolute Gasteiger partial charge is 0.306 e. The Bertz CT molecular complexity index is 807. The van der Waals surface area contributed by atoms with E-state index in [9.17, 15) is 14.9 Å². The maximum atomic E-state index is 12.8. The summed E-state index contributed by atoms with van der Waals surface area (Å²) in [4.78, 5) is 25.1. The molecule has 0 saturated heterocycles. The van der Waals surface area contributed by atoms with Crippen LogP contribution in [-0.4, -0.2) is 27.6 Å². The van der Waals surface area contributed by atoms with Crippen LogP contribution in [0.4, 0.5) is 11.4 Å². The first-order chi connectivity index (χ1) is 10.5. The molecule has 1 spiro atoms. The number of H-pyrrole nitrogens is 1. The number of nitro groups is 1. The standard InChI is InChI=1S/C15H14N4O3/c1-9-13(19(21)22)12(17-16-9)14(20)18-8-15(6-7-15)10-4-2-3-5-11(10)18/h2-5H,6-8H2,1H3,(H,16,17). The van der Waals surface area contributed by atoms with Crippen molar-refractivity contribution in [3.8, 4) is 0 Å². The van der Waals surface area contributed by atoms with Gasteiger partial charge >= 0.3 is 5.69 Å². The van der Waals surface area contributed by atoms with Crippen molar-refractivity contribution >= 4 is 17.3 Å². The predicted octanol–water partition coefficient (Wildman–Crippen LogP) is 2.32. The molecular formula is C15H14N4O3. The first kappa shape index (κ1) is 13.0. The third-order valence-corrected chi connectivity index (χ3v) is 4.63. The third kappa shape index (κ3) is 1.62. The molecule has 1 aliphatic carbocycles. The maximum Gasteiger partial charge on any atom is 0.322 e. The van der Waals surface area contributed by atoms with Gasteiger partial charge in [-0.1, -0.05) is 18.2 Å². The molecule has 0 atom stereocenters. The van der Waals surface area contributed by atoms with Crippen LogP contribution in [0, 0.1) is 17.0 Å². The third-order valence-electron chi connectivity index (χ3n) is 4.63. The quantitative estimate of drug-likeness (QED) is 0.680. The van der Waals surface area contributed by atoms with Crippen molar-refractivity contribution in [3.63, 3.8) is 0 Å². The Morgan fingerprint density at radius 2 is 2.14 bits per heavy atom. The summed E-state index contributed by atoms with van der Waals surface area (Å²) in [5.74, 6) is -0.410. The Hall–Kier alpha value is -2.70. The number of hydrogen-bond donors (Lipinski definition) is 1. The van der Waals surface area contributed by atoms with E-state index in [0.717, 1.165) is 18.5 Å².